The lowest BCUT2D eigenvalue weighted by Crippen LogP contribution is -2.49. The Morgan fingerprint density at radius 3 is 2.25 bits per heavy atom. The van der Waals surface area contributed by atoms with Crippen molar-refractivity contribution in [2.75, 3.05) is 44.2 Å². The molecule has 4 rings (SSSR count). The largest absolute Gasteiger partial charge is 0.395 e. The molecule has 0 radical (unpaired) electrons. The lowest BCUT2D eigenvalue weighted by Gasteiger charge is -2.34. The number of aliphatic hydroxyl groups is 1. The van der Waals surface area contributed by atoms with Gasteiger partial charge >= 0.3 is 0 Å². The molecule has 2 aromatic carbocycles. The Bertz CT molecular complexity index is 921. The molecule has 3 amide bonds. The van der Waals surface area contributed by atoms with Crippen LogP contribution in [0.3, 0.4) is 0 Å². The zero-order chi connectivity index (χ0) is 19.7. The number of carbonyl (C=O) groups is 3. The first kappa shape index (κ1) is 18.3. The minimum Gasteiger partial charge on any atom is -0.395 e. The van der Waals surface area contributed by atoms with Gasteiger partial charge in [-0.05, 0) is 30.3 Å². The minimum absolute atomic E-state index is 0.104. The second-order valence-corrected chi connectivity index (χ2v) is 6.90. The van der Waals surface area contributed by atoms with Crippen molar-refractivity contribution in [3.63, 3.8) is 0 Å². The highest BCUT2D eigenvalue weighted by Gasteiger charge is 2.37. The van der Waals surface area contributed by atoms with E-state index in [1.807, 2.05) is 6.07 Å². The van der Waals surface area contributed by atoms with Gasteiger partial charge in [0.15, 0.2) is 0 Å². The molecule has 0 spiro atoms. The van der Waals surface area contributed by atoms with Crippen molar-refractivity contribution in [2.45, 2.75) is 0 Å². The molecule has 28 heavy (non-hydrogen) atoms. The molecule has 7 heteroatoms. The van der Waals surface area contributed by atoms with Gasteiger partial charge in [0.2, 0.25) is 0 Å². The Balaban J connectivity index is 1.55. The Kier molecular flexibility index (Phi) is 4.93. The molecule has 1 saturated heterocycles. The summed E-state index contributed by atoms with van der Waals surface area (Å²) in [5.41, 5.74) is 1.50. The summed E-state index contributed by atoms with van der Waals surface area (Å²) in [7, 11) is 0. The van der Waals surface area contributed by atoms with Crippen LogP contribution < -0.4 is 4.90 Å². The van der Waals surface area contributed by atoms with E-state index in [2.05, 4.69) is 4.90 Å². The van der Waals surface area contributed by atoms with Crippen molar-refractivity contribution < 1.29 is 19.5 Å². The van der Waals surface area contributed by atoms with Crippen molar-refractivity contribution in [1.82, 2.24) is 9.80 Å². The van der Waals surface area contributed by atoms with Crippen LogP contribution in [-0.4, -0.2) is 72.0 Å². The number of amides is 3. The quantitative estimate of drug-likeness (QED) is 0.809. The summed E-state index contributed by atoms with van der Waals surface area (Å²) in [6.07, 6.45) is 0. The number of fused-ring (bicyclic) bond motifs is 1. The number of imide groups is 1. The van der Waals surface area contributed by atoms with Gasteiger partial charge in [-0.2, -0.15) is 0 Å². The number of nitrogens with zero attached hydrogens (tertiary/aromatic N) is 3. The van der Waals surface area contributed by atoms with Crippen molar-refractivity contribution in [3.05, 3.63) is 65.2 Å². The minimum atomic E-state index is -0.409. The highest BCUT2D eigenvalue weighted by atomic mass is 16.3. The van der Waals surface area contributed by atoms with E-state index in [1.54, 1.807) is 41.3 Å². The first-order valence-electron chi connectivity index (χ1n) is 9.30. The molecule has 2 heterocycles. The first-order chi connectivity index (χ1) is 13.6. The summed E-state index contributed by atoms with van der Waals surface area (Å²) in [5.74, 6) is -0.929. The molecule has 1 N–H and O–H groups in total. The number of anilines is 1. The molecular weight excluding hydrogens is 358 g/mol. The normalized spacial score (nSPS) is 17.2. The van der Waals surface area contributed by atoms with E-state index in [9.17, 15) is 14.4 Å². The lowest BCUT2D eigenvalue weighted by atomic mass is 10.0. The van der Waals surface area contributed by atoms with Crippen molar-refractivity contribution >= 4 is 23.4 Å². The van der Waals surface area contributed by atoms with Gasteiger partial charge in [0.05, 0.1) is 23.4 Å². The number of piperazine rings is 1. The highest BCUT2D eigenvalue weighted by molar-refractivity contribution is 6.34. The fourth-order valence-electron chi connectivity index (χ4n) is 3.68. The number of carbonyl (C=O) groups excluding carboxylic acids is 3. The molecule has 0 bridgehead atoms. The van der Waals surface area contributed by atoms with E-state index in [0.29, 0.717) is 49.5 Å². The van der Waals surface area contributed by atoms with Crippen LogP contribution in [0, 0.1) is 0 Å². The Morgan fingerprint density at radius 2 is 1.57 bits per heavy atom. The number of hydrogen-bond donors (Lipinski definition) is 1. The monoisotopic (exact) mass is 379 g/mol. The third-order valence-electron chi connectivity index (χ3n) is 5.22. The zero-order valence-electron chi connectivity index (χ0n) is 15.4. The van der Waals surface area contributed by atoms with Crippen LogP contribution in [0.1, 0.15) is 31.1 Å². The topological polar surface area (TPSA) is 81.2 Å². The molecule has 2 aliphatic rings. The van der Waals surface area contributed by atoms with Gasteiger partial charge in [-0.15, -0.1) is 0 Å². The summed E-state index contributed by atoms with van der Waals surface area (Å²) >= 11 is 0. The zero-order valence-corrected chi connectivity index (χ0v) is 15.4. The SMILES string of the molecule is O=C(c1ccc2c(c1)C(=O)N(c1ccccc1)C2=O)N1CCN(CCO)CC1. The smallest absolute Gasteiger partial charge is 0.266 e. The van der Waals surface area contributed by atoms with Gasteiger partial charge in [0.1, 0.15) is 0 Å². The van der Waals surface area contributed by atoms with Crippen LogP contribution in [0.5, 0.6) is 0 Å². The van der Waals surface area contributed by atoms with Gasteiger partial charge in [-0.1, -0.05) is 18.2 Å². The average Bonchev–Trinajstić information content (AvgIpc) is 2.99. The van der Waals surface area contributed by atoms with Gasteiger partial charge in [-0.3, -0.25) is 19.3 Å². The summed E-state index contributed by atoms with van der Waals surface area (Å²) in [6, 6.07) is 13.5. The molecule has 0 saturated carbocycles. The second-order valence-electron chi connectivity index (χ2n) is 6.90. The maximum Gasteiger partial charge on any atom is 0.266 e. The summed E-state index contributed by atoms with van der Waals surface area (Å²) in [5, 5.41) is 9.03. The van der Waals surface area contributed by atoms with Crippen LogP contribution in [0.2, 0.25) is 0 Å². The van der Waals surface area contributed by atoms with E-state index in [4.69, 9.17) is 5.11 Å². The number of β-amino-alcohol motifs (C(OH)–C–C–N with tert-alkyl or cyclic N) is 1. The number of para-hydroxylation sites is 1. The van der Waals surface area contributed by atoms with Crippen LogP contribution in [-0.2, 0) is 0 Å². The fraction of sp³-hybridized carbons (Fsp3) is 0.286. The van der Waals surface area contributed by atoms with Crippen LogP contribution in [0.25, 0.3) is 0 Å². The molecule has 2 aromatic rings. The molecule has 0 atom stereocenters. The van der Waals surface area contributed by atoms with Crippen LogP contribution >= 0.6 is 0 Å². The van der Waals surface area contributed by atoms with E-state index in [0.717, 1.165) is 4.90 Å². The Labute approximate surface area is 162 Å². The van der Waals surface area contributed by atoms with Crippen molar-refractivity contribution in [2.24, 2.45) is 0 Å². The average molecular weight is 379 g/mol. The van der Waals surface area contributed by atoms with Gasteiger partial charge in [-0.25, -0.2) is 4.90 Å². The fourth-order valence-corrected chi connectivity index (χ4v) is 3.68. The predicted octanol–water partition coefficient (Wildman–Crippen LogP) is 1.24. The lowest BCUT2D eigenvalue weighted by molar-refractivity contribution is 0.0614. The third kappa shape index (κ3) is 3.19. The Hall–Kier alpha value is -3.03. The number of benzene rings is 2. The molecule has 0 aromatic heterocycles. The molecule has 7 nitrogen and oxygen atoms in total. The number of hydrogen-bond acceptors (Lipinski definition) is 5. The van der Waals surface area contributed by atoms with Gasteiger partial charge < -0.3 is 10.0 Å². The van der Waals surface area contributed by atoms with E-state index < -0.39 is 5.91 Å². The van der Waals surface area contributed by atoms with E-state index >= 15 is 0 Å². The van der Waals surface area contributed by atoms with Gasteiger partial charge in [0, 0.05) is 38.3 Å². The van der Waals surface area contributed by atoms with E-state index in [1.165, 1.54) is 6.07 Å². The maximum absolute atomic E-state index is 12.9. The van der Waals surface area contributed by atoms with Crippen LogP contribution in [0.4, 0.5) is 5.69 Å². The molecule has 144 valence electrons. The Morgan fingerprint density at radius 1 is 0.893 bits per heavy atom. The van der Waals surface area contributed by atoms with Crippen LogP contribution in [0.15, 0.2) is 48.5 Å². The molecule has 0 unspecified atom stereocenters. The maximum atomic E-state index is 12.9. The van der Waals surface area contributed by atoms with E-state index in [-0.39, 0.29) is 24.0 Å². The third-order valence-corrected chi connectivity index (χ3v) is 5.22. The number of aliphatic hydroxyl groups excluding tert-OH is 1. The molecule has 0 aliphatic carbocycles. The summed E-state index contributed by atoms with van der Waals surface area (Å²) in [4.78, 5) is 43.3. The molecule has 2 aliphatic heterocycles. The number of rotatable bonds is 4. The second kappa shape index (κ2) is 7.53. The standard InChI is InChI=1S/C21H21N3O4/c25-13-12-22-8-10-23(11-9-22)19(26)15-6-7-17-18(14-15)21(28)24(20(17)27)16-4-2-1-3-5-16/h1-7,14,25H,8-13H2. The molecular formula is C21H21N3O4. The predicted molar refractivity (Wildman–Crippen MR) is 103 cm³/mol. The highest BCUT2D eigenvalue weighted by Crippen LogP contribution is 2.29. The first-order valence-corrected chi connectivity index (χ1v) is 9.30. The summed E-state index contributed by atoms with van der Waals surface area (Å²) in [6.45, 7) is 3.25. The van der Waals surface area contributed by atoms with Crippen molar-refractivity contribution in [1.29, 1.82) is 0 Å². The van der Waals surface area contributed by atoms with Crippen molar-refractivity contribution in [3.8, 4) is 0 Å². The van der Waals surface area contributed by atoms with Gasteiger partial charge in [0.25, 0.3) is 17.7 Å². The molecule has 1 fully saturated rings. The summed E-state index contributed by atoms with van der Waals surface area (Å²) < 4.78 is 0.